The molecule has 55 heavy (non-hydrogen) atoms. The van der Waals surface area contributed by atoms with Crippen LogP contribution in [0.1, 0.15) is 233 Å². The van der Waals surface area contributed by atoms with Crippen molar-refractivity contribution in [1.82, 2.24) is 0 Å². The van der Waals surface area contributed by atoms with E-state index in [2.05, 4.69) is 92.9 Å². The van der Waals surface area contributed by atoms with Crippen molar-refractivity contribution >= 4 is 89.2 Å². The minimum absolute atomic E-state index is 0. The van der Waals surface area contributed by atoms with E-state index >= 15 is 0 Å². The van der Waals surface area contributed by atoms with E-state index in [0.717, 1.165) is 38.5 Å². The molecule has 0 aromatic heterocycles. The van der Waals surface area contributed by atoms with Gasteiger partial charge < -0.3 is 65.0 Å². The molecule has 0 amide bonds. The quantitative estimate of drug-likeness (QED) is 0.0254. The predicted octanol–water partition coefficient (Wildman–Crippen LogP) is 13.3. The topological polar surface area (TPSA) is 96.9 Å². The second kappa shape index (κ2) is 50.1. The van der Waals surface area contributed by atoms with E-state index in [1.807, 2.05) is 0 Å². The second-order valence-electron chi connectivity index (χ2n) is 14.4. The summed E-state index contributed by atoms with van der Waals surface area (Å²) in [6.07, 6.45) is 42.5. The molecule has 0 radical (unpaired) electrons. The van der Waals surface area contributed by atoms with Gasteiger partial charge in [-0.15, -0.1) is 52.5 Å². The van der Waals surface area contributed by atoms with Gasteiger partial charge in [-0.1, -0.05) is 213 Å². The van der Waals surface area contributed by atoms with Crippen LogP contribution in [0.3, 0.4) is 0 Å². The van der Waals surface area contributed by atoms with Crippen LogP contribution < -0.4 is 14.7 Å². The molecule has 0 aliphatic rings. The molecular weight excluding hydrogens is 946 g/mol. The fourth-order valence-corrected chi connectivity index (χ4v) is 8.23. The summed E-state index contributed by atoms with van der Waals surface area (Å²) in [6, 6.07) is 0. The van der Waals surface area contributed by atoms with Crippen LogP contribution in [0.15, 0.2) is 0 Å². The van der Waals surface area contributed by atoms with Crippen LogP contribution in [0.5, 0.6) is 0 Å². The van der Waals surface area contributed by atoms with Crippen LogP contribution in [0.25, 0.3) is 0 Å². The van der Waals surface area contributed by atoms with Crippen molar-refractivity contribution in [2.75, 3.05) is 19.8 Å². The van der Waals surface area contributed by atoms with E-state index in [4.69, 9.17) is 13.6 Å². The first-order chi connectivity index (χ1) is 25.7. The average Bonchev–Trinajstić information content (AvgIpc) is 3.09. The zero-order valence-electron chi connectivity index (χ0n) is 35.1. The summed E-state index contributed by atoms with van der Waals surface area (Å²) in [5.74, 6) is 0. The molecule has 0 aliphatic carbocycles. The molecule has 0 saturated heterocycles. The van der Waals surface area contributed by atoms with Gasteiger partial charge in [-0.25, -0.2) is 0 Å². The van der Waals surface area contributed by atoms with Crippen molar-refractivity contribution in [2.45, 2.75) is 233 Å². The van der Waals surface area contributed by atoms with Crippen LogP contribution >= 0.6 is 17.1 Å². The zero-order chi connectivity index (χ0) is 41.1. The van der Waals surface area contributed by atoms with E-state index < -0.39 is 17.1 Å². The van der Waals surface area contributed by atoms with Gasteiger partial charge in [0.25, 0.3) is 0 Å². The Morgan fingerprint density at radius 3 is 0.564 bits per heavy atom. The molecule has 330 valence electrons. The molecule has 3 unspecified atom stereocenters. The Bertz CT molecular complexity index is 774. The molecule has 0 fully saturated rings. The first kappa shape index (κ1) is 65.1. The molecule has 16 heteroatoms. The molecule has 0 N–H and O–H groups in total. The van der Waals surface area contributed by atoms with Crippen molar-refractivity contribution in [1.29, 1.82) is 0 Å². The third kappa shape index (κ3) is 75.2. The molecule has 3 atom stereocenters. The Morgan fingerprint density at radius 1 is 0.309 bits per heavy atom. The first-order valence-electron chi connectivity index (χ1n) is 21.7. The molecule has 0 aromatic rings. The third-order valence-electron chi connectivity index (χ3n) is 8.99. The average molecular weight is 1030 g/mol. The van der Waals surface area contributed by atoms with Gasteiger partial charge in [-0.05, 0) is 19.3 Å². The molecule has 0 rings (SSSR count). The van der Waals surface area contributed by atoms with E-state index in [-0.39, 0.29) is 21.1 Å². The largest absolute Gasteiger partial charge is 6.00 e. The van der Waals surface area contributed by atoms with Crippen LogP contribution in [-0.4, -0.2) is 19.8 Å². The fourth-order valence-electron chi connectivity index (χ4n) is 5.83. The van der Waals surface area contributed by atoms with Crippen LogP contribution in [0.4, 0.5) is 0 Å². The van der Waals surface area contributed by atoms with Gasteiger partial charge in [0.1, 0.15) is 0 Å². The number of hydrogen-bond donors (Lipinski definition) is 0. The van der Waals surface area contributed by atoms with Crippen LogP contribution in [0.2, 0.25) is 0 Å². The van der Waals surface area contributed by atoms with Gasteiger partial charge in [0, 0.05) is 19.8 Å². The number of hydrogen-bond acceptors (Lipinski definition) is 12. The maximum Gasteiger partial charge on any atom is 6.00 e. The number of unbranched alkanes of at least 4 members (excludes halogenated alkanes) is 30. The molecule has 0 bridgehead atoms. The SMILES string of the molecule is CCCCCCCCCCCCCOP([O-])(=S)[S-].CCCCCCCCCCCCCOP([O-])(=S)[S-].CCCCCCCCCCCCCOP([O-])(=S)[S-].[Mo+6]. The molecule has 0 saturated carbocycles. The molecule has 0 heterocycles. The minimum Gasteiger partial charge on any atom is -0.819 e. The minimum atomic E-state index is -3.08. The van der Waals surface area contributed by atoms with E-state index in [1.54, 1.807) is 0 Å². The Hall–Kier alpha value is 3.45. The summed E-state index contributed by atoms with van der Waals surface area (Å²) in [5, 5.41) is 0. The summed E-state index contributed by atoms with van der Waals surface area (Å²) in [5.41, 5.74) is -9.24. The predicted molar refractivity (Wildman–Crippen MR) is 252 cm³/mol. The van der Waals surface area contributed by atoms with E-state index in [9.17, 15) is 14.7 Å². The smallest absolute Gasteiger partial charge is 0.819 e. The van der Waals surface area contributed by atoms with Crippen LogP contribution in [0, 0.1) is 0 Å². The van der Waals surface area contributed by atoms with Crippen LogP contribution in [-0.2, 0) is 107 Å². The van der Waals surface area contributed by atoms with Gasteiger partial charge >= 0.3 is 21.1 Å². The molecule has 6 nitrogen and oxygen atoms in total. The van der Waals surface area contributed by atoms with Gasteiger partial charge in [0.05, 0.1) is 0 Å². The van der Waals surface area contributed by atoms with Crippen molar-refractivity contribution < 1.29 is 49.3 Å². The Balaban J connectivity index is -0.000000351. The summed E-state index contributed by atoms with van der Waals surface area (Å²) >= 11 is 27.1. The van der Waals surface area contributed by atoms with Gasteiger partial charge in [-0.3, -0.25) is 0 Å². The van der Waals surface area contributed by atoms with E-state index in [1.165, 1.54) is 173 Å². The van der Waals surface area contributed by atoms with Crippen molar-refractivity contribution in [3.8, 4) is 0 Å². The Kier molecular flexibility index (Phi) is 59.3. The molecule has 0 aliphatic heterocycles. The van der Waals surface area contributed by atoms with Gasteiger partial charge in [0.2, 0.25) is 0 Å². The normalized spacial score (nSPS) is 14.3. The summed E-state index contributed by atoms with van der Waals surface area (Å²) in [4.78, 5) is 32.7. The van der Waals surface area contributed by atoms with Crippen molar-refractivity contribution in [3.05, 3.63) is 0 Å². The summed E-state index contributed by atoms with van der Waals surface area (Å²) in [6.45, 7) is 8.13. The Morgan fingerprint density at radius 2 is 0.436 bits per heavy atom. The molecule has 0 spiro atoms. The fraction of sp³-hybridized carbons (Fsp3) is 1.00. The Labute approximate surface area is 387 Å². The van der Waals surface area contributed by atoms with Crippen molar-refractivity contribution in [3.63, 3.8) is 0 Å². The molecule has 0 aromatic carbocycles. The summed E-state index contributed by atoms with van der Waals surface area (Å²) in [7, 11) is 0. The second-order valence-corrected chi connectivity index (χ2v) is 28.6. The number of rotatable bonds is 39. The zero-order valence-corrected chi connectivity index (χ0v) is 44.7. The standard InChI is InChI=1S/3C13H29O2PS2.Mo/c3*1-2-3-4-5-6-7-8-9-10-11-12-13-15-16(14,17)18;/h3*2-13H2,1H3,(H2,14,17,18);/q;;;+6/p-6. The maximum absolute atomic E-state index is 10.9. The van der Waals surface area contributed by atoms with Gasteiger partial charge in [0.15, 0.2) is 0 Å². The monoisotopic (exact) mass is 1030 g/mol. The maximum atomic E-state index is 10.9. The summed E-state index contributed by atoms with van der Waals surface area (Å²) < 4.78 is 14.7. The van der Waals surface area contributed by atoms with E-state index in [0.29, 0.717) is 19.8 Å². The third-order valence-corrected chi connectivity index (χ3v) is 12.4. The molecular formula is C39H81MoO6P3S6. The van der Waals surface area contributed by atoms with Gasteiger partial charge in [-0.2, -0.15) is 0 Å². The first-order valence-corrected chi connectivity index (χ1v) is 32.6. The van der Waals surface area contributed by atoms with Crippen molar-refractivity contribution in [2.24, 2.45) is 0 Å².